The summed E-state index contributed by atoms with van der Waals surface area (Å²) < 4.78 is 0. The third-order valence-corrected chi connectivity index (χ3v) is 2.41. The van der Waals surface area contributed by atoms with Crippen molar-refractivity contribution in [2.75, 3.05) is 0 Å². The quantitative estimate of drug-likeness (QED) is 0.416. The van der Waals surface area contributed by atoms with Crippen LogP contribution in [0.2, 0.25) is 0 Å². The summed E-state index contributed by atoms with van der Waals surface area (Å²) in [6.07, 6.45) is 0.218. The van der Waals surface area contributed by atoms with Crippen LogP contribution in [0.15, 0.2) is 30.3 Å². The average Bonchev–Trinajstić information content (AvgIpc) is 2.29. The first kappa shape index (κ1) is 12.3. The number of rotatable bonds is 6. The minimum atomic E-state index is -0.648. The van der Waals surface area contributed by atoms with Crippen LogP contribution in [0.3, 0.4) is 0 Å². The Bertz CT molecular complexity index is 381. The highest BCUT2D eigenvalue weighted by Gasteiger charge is 2.13. The highest BCUT2D eigenvalue weighted by Crippen LogP contribution is 2.19. The highest BCUT2D eigenvalue weighted by molar-refractivity contribution is 6.29. The van der Waals surface area contributed by atoms with Crippen LogP contribution in [0, 0.1) is 0 Å². The maximum atomic E-state index is 11.4. The molecule has 0 aliphatic heterocycles. The number of benzene rings is 1. The highest BCUT2D eigenvalue weighted by atomic mass is 16.2. The van der Waals surface area contributed by atoms with Gasteiger partial charge in [0.25, 0.3) is 0 Å². The zero-order valence-electron chi connectivity index (χ0n) is 9.18. The van der Waals surface area contributed by atoms with E-state index in [9.17, 15) is 14.4 Å². The SMILES string of the molecule is CC(CC(=O)CC(=O)C=O)c1ccccc1. The first-order chi connectivity index (χ1) is 7.63. The molecule has 0 saturated heterocycles. The average molecular weight is 218 g/mol. The van der Waals surface area contributed by atoms with Gasteiger partial charge < -0.3 is 0 Å². The lowest BCUT2D eigenvalue weighted by atomic mass is 9.94. The molecule has 0 heterocycles. The van der Waals surface area contributed by atoms with Crippen molar-refractivity contribution in [2.24, 2.45) is 0 Å². The summed E-state index contributed by atoms with van der Waals surface area (Å²) >= 11 is 0. The second kappa shape index (κ2) is 5.95. The van der Waals surface area contributed by atoms with Crippen LogP contribution in [0.25, 0.3) is 0 Å². The zero-order valence-corrected chi connectivity index (χ0v) is 9.18. The van der Waals surface area contributed by atoms with E-state index in [1.165, 1.54) is 0 Å². The minimum absolute atomic E-state index is 0.0770. The molecule has 0 aliphatic carbocycles. The minimum Gasteiger partial charge on any atom is -0.299 e. The summed E-state index contributed by atoms with van der Waals surface area (Å²) in [6.45, 7) is 1.93. The van der Waals surface area contributed by atoms with E-state index in [2.05, 4.69) is 0 Å². The fourth-order valence-electron chi connectivity index (χ4n) is 1.55. The van der Waals surface area contributed by atoms with Crippen molar-refractivity contribution >= 4 is 17.9 Å². The van der Waals surface area contributed by atoms with Gasteiger partial charge in [-0.05, 0) is 11.5 Å². The largest absolute Gasteiger partial charge is 0.299 e. The molecule has 1 atom stereocenters. The van der Waals surface area contributed by atoms with Crippen molar-refractivity contribution in [1.82, 2.24) is 0 Å². The normalized spacial score (nSPS) is 11.8. The van der Waals surface area contributed by atoms with Gasteiger partial charge >= 0.3 is 0 Å². The van der Waals surface area contributed by atoms with Crippen molar-refractivity contribution in [2.45, 2.75) is 25.7 Å². The van der Waals surface area contributed by atoms with Crippen LogP contribution in [-0.2, 0) is 14.4 Å². The number of carbonyl (C=O) groups excluding carboxylic acids is 3. The molecule has 1 unspecified atom stereocenters. The Balaban J connectivity index is 2.52. The number of hydrogen-bond acceptors (Lipinski definition) is 3. The van der Waals surface area contributed by atoms with E-state index < -0.39 is 5.78 Å². The monoisotopic (exact) mass is 218 g/mol. The Morgan fingerprint density at radius 3 is 2.44 bits per heavy atom. The van der Waals surface area contributed by atoms with Gasteiger partial charge in [0.05, 0.1) is 6.42 Å². The van der Waals surface area contributed by atoms with Crippen LogP contribution in [-0.4, -0.2) is 17.9 Å². The van der Waals surface area contributed by atoms with Gasteiger partial charge in [0.1, 0.15) is 5.78 Å². The van der Waals surface area contributed by atoms with Crippen LogP contribution in [0.4, 0.5) is 0 Å². The number of ketones is 2. The lowest BCUT2D eigenvalue weighted by molar-refractivity contribution is -0.133. The topological polar surface area (TPSA) is 51.2 Å². The molecule has 1 aromatic rings. The van der Waals surface area contributed by atoms with E-state index >= 15 is 0 Å². The predicted molar refractivity (Wildman–Crippen MR) is 60.2 cm³/mol. The molecule has 84 valence electrons. The summed E-state index contributed by atoms with van der Waals surface area (Å²) in [5.41, 5.74) is 1.06. The lowest BCUT2D eigenvalue weighted by Gasteiger charge is -2.09. The smallest absolute Gasteiger partial charge is 0.202 e. The molecule has 0 radical (unpaired) electrons. The second-order valence-corrected chi connectivity index (χ2v) is 3.82. The maximum absolute atomic E-state index is 11.4. The number of hydrogen-bond donors (Lipinski definition) is 0. The van der Waals surface area contributed by atoms with Gasteiger partial charge in [-0.15, -0.1) is 0 Å². The number of Topliss-reactive ketones (excluding diaryl/α,β-unsaturated/α-hetero) is 2. The van der Waals surface area contributed by atoms with Crippen molar-refractivity contribution < 1.29 is 14.4 Å². The summed E-state index contributed by atoms with van der Waals surface area (Å²) in [5.74, 6) is -0.758. The summed E-state index contributed by atoms with van der Waals surface area (Å²) in [4.78, 5) is 32.3. The molecule has 0 saturated carbocycles. The van der Waals surface area contributed by atoms with E-state index in [0.717, 1.165) is 5.56 Å². The molecule has 0 spiro atoms. The second-order valence-electron chi connectivity index (χ2n) is 3.82. The van der Waals surface area contributed by atoms with Crippen LogP contribution >= 0.6 is 0 Å². The molecule has 0 fully saturated rings. The van der Waals surface area contributed by atoms with Gasteiger partial charge in [0.15, 0.2) is 6.29 Å². The molecule has 3 nitrogen and oxygen atoms in total. The molecule has 1 aromatic carbocycles. The lowest BCUT2D eigenvalue weighted by Crippen LogP contribution is -2.11. The van der Waals surface area contributed by atoms with Gasteiger partial charge in [-0.3, -0.25) is 14.4 Å². The summed E-state index contributed by atoms with van der Waals surface area (Å²) in [6, 6.07) is 9.62. The van der Waals surface area contributed by atoms with Crippen molar-refractivity contribution in [3.05, 3.63) is 35.9 Å². The van der Waals surface area contributed by atoms with Gasteiger partial charge in [-0.2, -0.15) is 0 Å². The fourth-order valence-corrected chi connectivity index (χ4v) is 1.55. The molecular formula is C13H14O3. The van der Waals surface area contributed by atoms with Crippen molar-refractivity contribution in [3.8, 4) is 0 Å². The molecule has 1 rings (SSSR count). The third kappa shape index (κ3) is 3.77. The number of carbonyl (C=O) groups is 3. The standard InChI is InChI=1S/C13H14O3/c1-10(11-5-3-2-4-6-11)7-12(15)8-13(16)9-14/h2-6,9-10H,7-8H2,1H3. The molecular weight excluding hydrogens is 204 g/mol. The Labute approximate surface area is 94.5 Å². The van der Waals surface area contributed by atoms with Gasteiger partial charge in [-0.1, -0.05) is 37.3 Å². The van der Waals surface area contributed by atoms with Gasteiger partial charge in [0, 0.05) is 6.42 Å². The van der Waals surface area contributed by atoms with Crippen LogP contribution in [0.1, 0.15) is 31.2 Å². The molecule has 3 heteroatoms. The van der Waals surface area contributed by atoms with Crippen molar-refractivity contribution in [3.63, 3.8) is 0 Å². The van der Waals surface area contributed by atoms with Gasteiger partial charge in [-0.25, -0.2) is 0 Å². The summed E-state index contributed by atoms with van der Waals surface area (Å²) in [7, 11) is 0. The Kier molecular flexibility index (Phi) is 4.58. The Morgan fingerprint density at radius 1 is 1.25 bits per heavy atom. The Hall–Kier alpha value is -1.77. The van der Waals surface area contributed by atoms with E-state index in [4.69, 9.17) is 0 Å². The van der Waals surface area contributed by atoms with E-state index in [1.807, 2.05) is 37.3 Å². The molecule has 16 heavy (non-hydrogen) atoms. The molecule has 0 aromatic heterocycles. The van der Waals surface area contributed by atoms with E-state index in [1.54, 1.807) is 0 Å². The fraction of sp³-hybridized carbons (Fsp3) is 0.308. The third-order valence-electron chi connectivity index (χ3n) is 2.41. The first-order valence-corrected chi connectivity index (χ1v) is 5.18. The number of aldehydes is 1. The van der Waals surface area contributed by atoms with Gasteiger partial charge in [0.2, 0.25) is 5.78 Å². The van der Waals surface area contributed by atoms with E-state index in [0.29, 0.717) is 6.42 Å². The Morgan fingerprint density at radius 2 is 1.88 bits per heavy atom. The maximum Gasteiger partial charge on any atom is 0.202 e. The van der Waals surface area contributed by atoms with Crippen LogP contribution < -0.4 is 0 Å². The predicted octanol–water partition coefficient (Wildman–Crippen LogP) is 1.91. The molecule has 0 amide bonds. The summed E-state index contributed by atoms with van der Waals surface area (Å²) in [5, 5.41) is 0. The first-order valence-electron chi connectivity index (χ1n) is 5.18. The van der Waals surface area contributed by atoms with Crippen molar-refractivity contribution in [1.29, 1.82) is 0 Å². The van der Waals surface area contributed by atoms with E-state index in [-0.39, 0.29) is 24.4 Å². The zero-order chi connectivity index (χ0) is 12.0. The molecule has 0 bridgehead atoms. The van der Waals surface area contributed by atoms with Crippen LogP contribution in [0.5, 0.6) is 0 Å². The molecule has 0 aliphatic rings. The molecule has 0 N–H and O–H groups in total.